The molecule has 2 fully saturated rings. The molecule has 1 heterocycles. The van der Waals surface area contributed by atoms with Crippen molar-refractivity contribution in [3.05, 3.63) is 59.1 Å². The molecule has 154 valence electrons. The molecule has 5 nitrogen and oxygen atoms in total. The molecule has 0 unspecified atom stereocenters. The van der Waals surface area contributed by atoms with Gasteiger partial charge < -0.3 is 19.5 Å². The average Bonchev–Trinajstić information content (AvgIpc) is 3.13. The molecule has 0 bridgehead atoms. The molecule has 4 rings (SSSR count). The number of carbonyl (C=O) groups is 1. The second-order valence-electron chi connectivity index (χ2n) is 7.93. The topological polar surface area (TPSA) is 59.0 Å². The van der Waals surface area contributed by atoms with E-state index in [1.807, 2.05) is 53.4 Å². The fourth-order valence-corrected chi connectivity index (χ4v) is 4.72. The van der Waals surface area contributed by atoms with Gasteiger partial charge in [-0.05, 0) is 48.4 Å². The van der Waals surface area contributed by atoms with Crippen LogP contribution in [0.25, 0.3) is 0 Å². The van der Waals surface area contributed by atoms with E-state index in [4.69, 9.17) is 21.1 Å². The van der Waals surface area contributed by atoms with Crippen LogP contribution in [-0.2, 0) is 11.2 Å². The molecule has 0 aromatic heterocycles. The van der Waals surface area contributed by atoms with E-state index in [1.165, 1.54) is 0 Å². The van der Waals surface area contributed by atoms with Crippen molar-refractivity contribution < 1.29 is 19.4 Å². The Kier molecular flexibility index (Phi) is 5.97. The number of aliphatic hydroxyl groups is 1. The fraction of sp³-hybridized carbons (Fsp3) is 0.435. The second-order valence-corrected chi connectivity index (χ2v) is 8.34. The average molecular weight is 416 g/mol. The van der Waals surface area contributed by atoms with Crippen molar-refractivity contribution in [1.82, 2.24) is 4.90 Å². The Labute approximate surface area is 176 Å². The van der Waals surface area contributed by atoms with Gasteiger partial charge in [0.05, 0.1) is 19.6 Å². The van der Waals surface area contributed by atoms with E-state index >= 15 is 0 Å². The van der Waals surface area contributed by atoms with Crippen molar-refractivity contribution in [3.63, 3.8) is 0 Å². The summed E-state index contributed by atoms with van der Waals surface area (Å²) < 4.78 is 11.5. The second kappa shape index (κ2) is 8.64. The highest BCUT2D eigenvalue weighted by Crippen LogP contribution is 2.39. The predicted octanol–water partition coefficient (Wildman–Crippen LogP) is 3.57. The Bertz CT molecular complexity index is 873. The summed E-state index contributed by atoms with van der Waals surface area (Å²) in [6, 6.07) is 14.9. The third kappa shape index (κ3) is 4.36. The number of benzene rings is 2. The van der Waals surface area contributed by atoms with Gasteiger partial charge in [-0.1, -0.05) is 41.9 Å². The summed E-state index contributed by atoms with van der Waals surface area (Å²) in [6.07, 6.45) is 0.814. The Hall–Kier alpha value is -2.24. The zero-order valence-corrected chi connectivity index (χ0v) is 17.2. The highest BCUT2D eigenvalue weighted by molar-refractivity contribution is 6.31. The number of carbonyl (C=O) groups excluding carboxylic acids is 1. The molecule has 1 N–H and O–H groups in total. The lowest BCUT2D eigenvalue weighted by Crippen LogP contribution is -2.42. The normalized spacial score (nSPS) is 26.1. The van der Waals surface area contributed by atoms with Crippen LogP contribution in [0.15, 0.2) is 48.5 Å². The molecule has 1 aliphatic carbocycles. The van der Waals surface area contributed by atoms with Crippen molar-refractivity contribution in [2.24, 2.45) is 11.8 Å². The summed E-state index contributed by atoms with van der Waals surface area (Å²) in [5.41, 5.74) is 0.853. The molecule has 0 radical (unpaired) electrons. The van der Waals surface area contributed by atoms with E-state index in [-0.39, 0.29) is 12.0 Å². The van der Waals surface area contributed by atoms with E-state index in [1.54, 1.807) is 7.11 Å². The van der Waals surface area contributed by atoms with Gasteiger partial charge in [0.25, 0.3) is 0 Å². The first-order valence-corrected chi connectivity index (χ1v) is 10.4. The van der Waals surface area contributed by atoms with Gasteiger partial charge in [-0.2, -0.15) is 0 Å². The highest BCUT2D eigenvalue weighted by atomic mass is 35.5. The summed E-state index contributed by atoms with van der Waals surface area (Å²) in [7, 11) is 1.61. The fourth-order valence-electron chi connectivity index (χ4n) is 4.52. The van der Waals surface area contributed by atoms with Crippen LogP contribution in [0.4, 0.5) is 0 Å². The van der Waals surface area contributed by atoms with Gasteiger partial charge in [-0.3, -0.25) is 4.79 Å². The molecule has 1 saturated carbocycles. The minimum Gasteiger partial charge on any atom is -0.493 e. The molecule has 1 saturated heterocycles. The summed E-state index contributed by atoms with van der Waals surface area (Å²) in [4.78, 5) is 14.7. The number of ether oxygens (including phenoxy) is 2. The lowest BCUT2D eigenvalue weighted by molar-refractivity contribution is -0.129. The SMILES string of the molecule is COc1ccccc1O[C@@H]1C[C@@H]2CN(C(=O)Cc3ccccc3Cl)C[C@@H]2C[C@H]1O. The van der Waals surface area contributed by atoms with Gasteiger partial charge in [-0.25, -0.2) is 0 Å². The smallest absolute Gasteiger partial charge is 0.227 e. The van der Waals surface area contributed by atoms with E-state index in [0.717, 1.165) is 12.0 Å². The van der Waals surface area contributed by atoms with Crippen LogP contribution < -0.4 is 9.47 Å². The Balaban J connectivity index is 1.39. The molecular formula is C23H26ClNO4. The van der Waals surface area contributed by atoms with Crippen LogP contribution in [0.1, 0.15) is 18.4 Å². The van der Waals surface area contributed by atoms with Crippen molar-refractivity contribution in [3.8, 4) is 11.5 Å². The number of aliphatic hydroxyl groups excluding tert-OH is 1. The van der Waals surface area contributed by atoms with Crippen molar-refractivity contribution in [1.29, 1.82) is 0 Å². The quantitative estimate of drug-likeness (QED) is 0.811. The summed E-state index contributed by atoms with van der Waals surface area (Å²) in [5.74, 6) is 2.02. The molecule has 6 heteroatoms. The monoisotopic (exact) mass is 415 g/mol. The lowest BCUT2D eigenvalue weighted by Gasteiger charge is -2.35. The first kappa shape index (κ1) is 20.0. The van der Waals surface area contributed by atoms with E-state index in [9.17, 15) is 9.90 Å². The van der Waals surface area contributed by atoms with Crippen LogP contribution >= 0.6 is 11.6 Å². The Morgan fingerprint density at radius 1 is 1.07 bits per heavy atom. The Morgan fingerprint density at radius 3 is 2.45 bits per heavy atom. The van der Waals surface area contributed by atoms with Crippen LogP contribution in [0.5, 0.6) is 11.5 Å². The van der Waals surface area contributed by atoms with Gasteiger partial charge in [0.15, 0.2) is 11.5 Å². The molecule has 4 atom stereocenters. The minimum atomic E-state index is -0.556. The summed E-state index contributed by atoms with van der Waals surface area (Å²) in [5, 5.41) is 11.3. The minimum absolute atomic E-state index is 0.0872. The number of fused-ring (bicyclic) bond motifs is 1. The largest absolute Gasteiger partial charge is 0.493 e. The maximum absolute atomic E-state index is 12.8. The highest BCUT2D eigenvalue weighted by Gasteiger charge is 2.44. The van der Waals surface area contributed by atoms with E-state index in [0.29, 0.717) is 54.3 Å². The number of halogens is 1. The van der Waals surface area contributed by atoms with Crippen LogP contribution in [0.3, 0.4) is 0 Å². The third-order valence-corrected chi connectivity index (χ3v) is 6.45. The summed E-state index contributed by atoms with van der Waals surface area (Å²) >= 11 is 6.21. The standard InChI is InChI=1S/C23H26ClNO4/c1-28-20-8-4-5-9-21(20)29-22-11-17-14-25(13-16(17)10-19(22)26)23(27)12-15-6-2-3-7-18(15)24/h2-9,16-17,19,22,26H,10-14H2,1H3/t16-,17+,19+,22+/m0/s1. The molecule has 2 aromatic carbocycles. The van der Waals surface area contributed by atoms with Crippen LogP contribution in [-0.4, -0.2) is 48.3 Å². The van der Waals surface area contributed by atoms with Gasteiger partial charge in [0.2, 0.25) is 5.91 Å². The molecule has 0 spiro atoms. The molecule has 2 aliphatic rings. The number of hydrogen-bond donors (Lipinski definition) is 1. The number of nitrogens with zero attached hydrogens (tertiary/aromatic N) is 1. The predicted molar refractivity (Wildman–Crippen MR) is 111 cm³/mol. The van der Waals surface area contributed by atoms with Gasteiger partial charge in [0.1, 0.15) is 6.10 Å². The zero-order valence-electron chi connectivity index (χ0n) is 16.5. The van der Waals surface area contributed by atoms with Gasteiger partial charge in [-0.15, -0.1) is 0 Å². The van der Waals surface area contributed by atoms with Gasteiger partial charge in [0, 0.05) is 18.1 Å². The Morgan fingerprint density at radius 2 is 1.72 bits per heavy atom. The van der Waals surface area contributed by atoms with Crippen LogP contribution in [0, 0.1) is 11.8 Å². The summed E-state index contributed by atoms with van der Waals surface area (Å²) in [6.45, 7) is 1.39. The lowest BCUT2D eigenvalue weighted by atomic mass is 9.78. The molecule has 2 aromatic rings. The van der Waals surface area contributed by atoms with Crippen molar-refractivity contribution in [2.75, 3.05) is 20.2 Å². The molecule has 1 aliphatic heterocycles. The first-order valence-electron chi connectivity index (χ1n) is 10.0. The molecule has 1 amide bonds. The van der Waals surface area contributed by atoms with Crippen molar-refractivity contribution >= 4 is 17.5 Å². The molecular weight excluding hydrogens is 390 g/mol. The third-order valence-electron chi connectivity index (χ3n) is 6.08. The number of amides is 1. The number of rotatable bonds is 5. The molecule has 29 heavy (non-hydrogen) atoms. The van der Waals surface area contributed by atoms with Crippen molar-refractivity contribution in [2.45, 2.75) is 31.5 Å². The number of hydrogen-bond acceptors (Lipinski definition) is 4. The van der Waals surface area contributed by atoms with E-state index in [2.05, 4.69) is 0 Å². The zero-order chi connectivity index (χ0) is 20.4. The maximum atomic E-state index is 12.8. The number of likely N-dealkylation sites (tertiary alicyclic amines) is 1. The van der Waals surface area contributed by atoms with Crippen LogP contribution in [0.2, 0.25) is 5.02 Å². The maximum Gasteiger partial charge on any atom is 0.227 e. The van der Waals surface area contributed by atoms with E-state index < -0.39 is 6.10 Å². The first-order chi connectivity index (χ1) is 14.0. The number of methoxy groups -OCH3 is 1. The van der Waals surface area contributed by atoms with Gasteiger partial charge >= 0.3 is 0 Å². The number of para-hydroxylation sites is 2.